The van der Waals surface area contributed by atoms with E-state index in [2.05, 4.69) is 5.10 Å². The predicted octanol–water partition coefficient (Wildman–Crippen LogP) is 0.147. The molecule has 0 saturated heterocycles. The Hall–Kier alpha value is -0.880. The highest BCUT2D eigenvalue weighted by Crippen LogP contribution is 2.11. The van der Waals surface area contributed by atoms with Gasteiger partial charge in [0.25, 0.3) is 0 Å². The third kappa shape index (κ3) is 3.61. The predicted molar refractivity (Wildman–Crippen MR) is 61.8 cm³/mol. The van der Waals surface area contributed by atoms with Crippen LogP contribution in [0.4, 0.5) is 0 Å². The Balaban J connectivity index is 2.50. The van der Waals surface area contributed by atoms with Gasteiger partial charge in [0.15, 0.2) is 9.84 Å². The smallest absolute Gasteiger partial charge is 0.152 e. The molecule has 0 aliphatic carbocycles. The van der Waals surface area contributed by atoms with Crippen LogP contribution < -0.4 is 0 Å². The Morgan fingerprint density at radius 2 is 2.19 bits per heavy atom. The van der Waals surface area contributed by atoms with Crippen molar-refractivity contribution in [3.63, 3.8) is 0 Å². The summed E-state index contributed by atoms with van der Waals surface area (Å²) in [4.78, 5) is 0. The minimum atomic E-state index is -3.17. The summed E-state index contributed by atoms with van der Waals surface area (Å²) in [5.74, 6) is 0. The highest BCUT2D eigenvalue weighted by molar-refractivity contribution is 7.91. The summed E-state index contributed by atoms with van der Waals surface area (Å²) in [6.07, 6.45) is 4.96. The van der Waals surface area contributed by atoms with Gasteiger partial charge in [0.1, 0.15) is 0 Å². The first-order chi connectivity index (χ1) is 7.30. The molecule has 2 unspecified atom stereocenters. The van der Waals surface area contributed by atoms with Crippen molar-refractivity contribution in [1.82, 2.24) is 9.78 Å². The Kier molecular flexibility index (Phi) is 4.09. The van der Waals surface area contributed by atoms with Crippen LogP contribution in [0.2, 0.25) is 0 Å². The minimum Gasteiger partial charge on any atom is -0.392 e. The molecule has 0 aliphatic rings. The van der Waals surface area contributed by atoms with E-state index >= 15 is 0 Å². The number of nitrogens with zero attached hydrogens (tertiary/aromatic N) is 2. The lowest BCUT2D eigenvalue weighted by Gasteiger charge is -2.16. The number of aryl methyl sites for hydroxylation is 2. The zero-order valence-corrected chi connectivity index (χ0v) is 10.6. The monoisotopic (exact) mass is 246 g/mol. The molecule has 1 heterocycles. The molecule has 0 saturated carbocycles. The fourth-order valence-corrected chi connectivity index (χ4v) is 2.14. The Morgan fingerprint density at radius 1 is 1.56 bits per heavy atom. The van der Waals surface area contributed by atoms with Gasteiger partial charge in [-0.1, -0.05) is 0 Å². The van der Waals surface area contributed by atoms with Crippen LogP contribution >= 0.6 is 0 Å². The Morgan fingerprint density at radius 3 is 2.62 bits per heavy atom. The SMILES string of the molecule is CC(C(O)CCc1cnn(C)c1)S(C)(=O)=O. The Labute approximate surface area is 96.0 Å². The molecule has 1 aromatic rings. The zero-order chi connectivity index (χ0) is 12.3. The van der Waals surface area contributed by atoms with Gasteiger partial charge in [0.05, 0.1) is 17.6 Å². The number of aliphatic hydroxyl groups excluding tert-OH is 1. The van der Waals surface area contributed by atoms with Crippen molar-refractivity contribution >= 4 is 9.84 Å². The molecule has 0 amide bonds. The molecule has 16 heavy (non-hydrogen) atoms. The maximum Gasteiger partial charge on any atom is 0.152 e. The lowest BCUT2D eigenvalue weighted by molar-refractivity contribution is 0.163. The molecule has 5 nitrogen and oxygen atoms in total. The first-order valence-corrected chi connectivity index (χ1v) is 7.10. The van der Waals surface area contributed by atoms with E-state index in [1.807, 2.05) is 13.2 Å². The number of aliphatic hydroxyl groups is 1. The van der Waals surface area contributed by atoms with Crippen LogP contribution in [-0.2, 0) is 23.3 Å². The Bertz CT molecular complexity index is 439. The summed E-state index contributed by atoms with van der Waals surface area (Å²) in [5.41, 5.74) is 1.00. The van der Waals surface area contributed by atoms with E-state index in [-0.39, 0.29) is 0 Å². The van der Waals surface area contributed by atoms with Crippen molar-refractivity contribution in [1.29, 1.82) is 0 Å². The van der Waals surface area contributed by atoms with E-state index < -0.39 is 21.2 Å². The van der Waals surface area contributed by atoms with E-state index in [1.165, 1.54) is 6.92 Å². The zero-order valence-electron chi connectivity index (χ0n) is 9.79. The fraction of sp³-hybridized carbons (Fsp3) is 0.700. The second kappa shape index (κ2) is 4.97. The third-order valence-electron chi connectivity index (χ3n) is 2.70. The average Bonchev–Trinajstić information content (AvgIpc) is 2.58. The fourth-order valence-electron chi connectivity index (χ4n) is 1.44. The second-order valence-corrected chi connectivity index (χ2v) is 6.57. The molecule has 0 aromatic carbocycles. The summed E-state index contributed by atoms with van der Waals surface area (Å²) in [6.45, 7) is 1.53. The third-order valence-corrected chi connectivity index (χ3v) is 4.37. The number of rotatable bonds is 5. The van der Waals surface area contributed by atoms with Crippen LogP contribution in [0.3, 0.4) is 0 Å². The summed E-state index contributed by atoms with van der Waals surface area (Å²) >= 11 is 0. The molecule has 6 heteroatoms. The number of aromatic nitrogens is 2. The van der Waals surface area contributed by atoms with E-state index in [9.17, 15) is 13.5 Å². The summed E-state index contributed by atoms with van der Waals surface area (Å²) in [7, 11) is -1.35. The van der Waals surface area contributed by atoms with E-state index in [0.29, 0.717) is 12.8 Å². The van der Waals surface area contributed by atoms with Gasteiger partial charge >= 0.3 is 0 Å². The second-order valence-electron chi connectivity index (χ2n) is 4.16. The maximum atomic E-state index is 11.2. The molecule has 0 spiro atoms. The van der Waals surface area contributed by atoms with Crippen LogP contribution in [0.5, 0.6) is 0 Å². The van der Waals surface area contributed by atoms with Gasteiger partial charge < -0.3 is 5.11 Å². The molecule has 0 bridgehead atoms. The van der Waals surface area contributed by atoms with Crippen LogP contribution in [0.25, 0.3) is 0 Å². The normalized spacial score (nSPS) is 16.0. The summed E-state index contributed by atoms with van der Waals surface area (Å²) < 4.78 is 24.1. The molecule has 0 radical (unpaired) electrons. The molecule has 0 aliphatic heterocycles. The molecule has 1 aromatic heterocycles. The van der Waals surface area contributed by atoms with Crippen molar-refractivity contribution in [2.24, 2.45) is 7.05 Å². The average molecular weight is 246 g/mol. The first kappa shape index (κ1) is 13.2. The lowest BCUT2D eigenvalue weighted by atomic mass is 10.1. The van der Waals surface area contributed by atoms with Crippen molar-refractivity contribution in [3.05, 3.63) is 18.0 Å². The maximum absolute atomic E-state index is 11.2. The minimum absolute atomic E-state index is 0.430. The van der Waals surface area contributed by atoms with Gasteiger partial charge in [0.2, 0.25) is 0 Å². The molecular formula is C10H18N2O3S. The van der Waals surface area contributed by atoms with E-state index in [4.69, 9.17) is 0 Å². The van der Waals surface area contributed by atoms with Crippen LogP contribution in [-0.4, -0.2) is 40.9 Å². The topological polar surface area (TPSA) is 72.2 Å². The number of sulfone groups is 1. The highest BCUT2D eigenvalue weighted by Gasteiger charge is 2.23. The summed E-state index contributed by atoms with van der Waals surface area (Å²) in [6, 6.07) is 0. The van der Waals surface area contributed by atoms with Crippen molar-refractivity contribution in [2.75, 3.05) is 6.26 Å². The van der Waals surface area contributed by atoms with E-state index in [0.717, 1.165) is 11.8 Å². The van der Waals surface area contributed by atoms with E-state index in [1.54, 1.807) is 10.9 Å². The van der Waals surface area contributed by atoms with Crippen LogP contribution in [0.15, 0.2) is 12.4 Å². The van der Waals surface area contributed by atoms with Gasteiger partial charge in [-0.3, -0.25) is 4.68 Å². The lowest BCUT2D eigenvalue weighted by Crippen LogP contribution is -2.30. The summed E-state index contributed by atoms with van der Waals surface area (Å²) in [5, 5.41) is 13.0. The molecule has 0 fully saturated rings. The van der Waals surface area contributed by atoms with Crippen molar-refractivity contribution < 1.29 is 13.5 Å². The molecule has 1 N–H and O–H groups in total. The number of hydrogen-bond donors (Lipinski definition) is 1. The molecule has 92 valence electrons. The van der Waals surface area contributed by atoms with Crippen molar-refractivity contribution in [3.8, 4) is 0 Å². The van der Waals surface area contributed by atoms with Gasteiger partial charge in [0, 0.05) is 19.5 Å². The molecular weight excluding hydrogens is 228 g/mol. The highest BCUT2D eigenvalue weighted by atomic mass is 32.2. The van der Waals surface area contributed by atoms with Gasteiger partial charge in [-0.05, 0) is 25.3 Å². The number of hydrogen-bond acceptors (Lipinski definition) is 4. The van der Waals surface area contributed by atoms with Crippen LogP contribution in [0.1, 0.15) is 18.9 Å². The van der Waals surface area contributed by atoms with Gasteiger partial charge in [-0.2, -0.15) is 5.10 Å². The molecule has 1 rings (SSSR count). The first-order valence-electron chi connectivity index (χ1n) is 5.15. The quantitative estimate of drug-likeness (QED) is 0.802. The van der Waals surface area contributed by atoms with Crippen LogP contribution in [0, 0.1) is 0 Å². The standard InChI is InChI=1S/C10H18N2O3S/c1-8(16(3,14)15)10(13)5-4-9-6-11-12(2)7-9/h6-8,10,13H,4-5H2,1-3H3. The van der Waals surface area contributed by atoms with Gasteiger partial charge in [-0.15, -0.1) is 0 Å². The largest absolute Gasteiger partial charge is 0.392 e. The molecule has 2 atom stereocenters. The van der Waals surface area contributed by atoms with Gasteiger partial charge in [-0.25, -0.2) is 8.42 Å². The van der Waals surface area contributed by atoms with Crippen molar-refractivity contribution in [2.45, 2.75) is 31.1 Å².